The molecule has 3 aliphatic heterocycles. The van der Waals surface area contributed by atoms with Gasteiger partial charge in [0.05, 0.1) is 24.8 Å². The number of hydrogen-bond donors (Lipinski definition) is 5. The highest BCUT2D eigenvalue weighted by Crippen LogP contribution is 2.39. The lowest BCUT2D eigenvalue weighted by atomic mass is 9.98. The predicted octanol–water partition coefficient (Wildman–Crippen LogP) is 4.98. The molecule has 0 bridgehead atoms. The number of carbonyl (C=O) groups is 4. The number of nitrogens with zero attached hydrogens (tertiary/aromatic N) is 12. The molecular formula is C58H67N15O9. The predicted molar refractivity (Wildman–Crippen MR) is 304 cm³/mol. The van der Waals surface area contributed by atoms with Crippen molar-refractivity contribution in [2.24, 2.45) is 4.99 Å². The molecule has 24 nitrogen and oxygen atoms in total. The molecule has 4 aromatic carbocycles. The zero-order valence-corrected chi connectivity index (χ0v) is 46.4. The van der Waals surface area contributed by atoms with Crippen LogP contribution in [-0.4, -0.2) is 174 Å². The average Bonchev–Trinajstić information content (AvgIpc) is 4.36. The number of nitrogen functional groups attached to an aromatic ring is 1. The molecule has 0 spiro atoms. The molecule has 0 saturated carbocycles. The van der Waals surface area contributed by atoms with Crippen molar-refractivity contribution in [3.63, 3.8) is 0 Å². The molecule has 0 unspecified atom stereocenters. The van der Waals surface area contributed by atoms with Crippen LogP contribution in [0.1, 0.15) is 77.2 Å². The zero-order chi connectivity index (χ0) is 57.4. The van der Waals surface area contributed by atoms with Crippen LogP contribution in [0.25, 0.3) is 28.0 Å². The number of phenols is 2. The summed E-state index contributed by atoms with van der Waals surface area (Å²) in [6.07, 6.45) is 3.90. The van der Waals surface area contributed by atoms with Gasteiger partial charge in [0, 0.05) is 121 Å². The standard InChI is InChI=1S/C58H67N15O9/c1-5-60-55(78)53-67-66-52(44-31-43(36(2)3)45(74)32-46(44)75)73(53)40-12-7-38(8-13-40)35-69-24-26-70(27-25-69)48(76)18-11-37-9-14-41(15-10-37)82-58(79)71-28-22-68(23-29-71)20-6-30-81-47-17-16-42-49(50(47)80-4)64-57(72-21-19-61-51(42)72)65-54(77)39-33-62-56(59)63-34-39/h7-10,12-17,31-34,36,61,74-75H,5-6,11,18-30,35H2,1-4H3,(H,60,78)(H2,59,62,63). The Kier molecular flexibility index (Phi) is 17.2. The number of anilines is 2. The molecule has 0 radical (unpaired) electrons. The smallest absolute Gasteiger partial charge is 0.415 e. The lowest BCUT2D eigenvalue weighted by Gasteiger charge is -2.35. The summed E-state index contributed by atoms with van der Waals surface area (Å²) in [4.78, 5) is 77.8. The number of nitrogens with one attached hydrogen (secondary N) is 2. The summed E-state index contributed by atoms with van der Waals surface area (Å²) in [5, 5.41) is 36.9. The highest BCUT2D eigenvalue weighted by atomic mass is 16.6. The Balaban J connectivity index is 0.645. The second-order valence-electron chi connectivity index (χ2n) is 20.6. The van der Waals surface area contributed by atoms with Crippen molar-refractivity contribution in [2.45, 2.75) is 59.0 Å². The van der Waals surface area contributed by atoms with E-state index in [2.05, 4.69) is 45.6 Å². The van der Waals surface area contributed by atoms with Gasteiger partial charge in [-0.2, -0.15) is 4.99 Å². The minimum absolute atomic E-state index is 0.0257. The third-order valence-corrected chi connectivity index (χ3v) is 14.8. The van der Waals surface area contributed by atoms with Crippen molar-refractivity contribution in [3.05, 3.63) is 119 Å². The van der Waals surface area contributed by atoms with Crippen molar-refractivity contribution in [3.8, 4) is 45.8 Å². The Morgan fingerprint density at radius 2 is 1.54 bits per heavy atom. The topological polar surface area (TPSA) is 286 Å². The van der Waals surface area contributed by atoms with Crippen LogP contribution >= 0.6 is 0 Å². The first-order valence-corrected chi connectivity index (χ1v) is 27.6. The van der Waals surface area contributed by atoms with Gasteiger partial charge in [-0.25, -0.2) is 19.7 Å². The molecule has 82 heavy (non-hydrogen) atoms. The van der Waals surface area contributed by atoms with Gasteiger partial charge in [0.2, 0.25) is 23.3 Å². The fourth-order valence-corrected chi connectivity index (χ4v) is 10.4. The number of ether oxygens (including phenoxy) is 3. The van der Waals surface area contributed by atoms with Gasteiger partial charge in [0.1, 0.15) is 28.6 Å². The second-order valence-corrected chi connectivity index (χ2v) is 20.6. The Morgan fingerprint density at radius 1 is 0.829 bits per heavy atom. The number of fused-ring (bicyclic) bond motifs is 3. The third-order valence-electron chi connectivity index (χ3n) is 14.8. The molecule has 6 heterocycles. The maximum absolute atomic E-state index is 13.4. The number of carbonyl (C=O) groups excluding carboxylic acids is 4. The molecule has 10 rings (SSSR count). The molecule has 4 amide bonds. The van der Waals surface area contributed by atoms with E-state index < -0.39 is 17.9 Å². The number of phenolic OH excluding ortho intramolecular Hbond substituents is 2. The lowest BCUT2D eigenvalue weighted by molar-refractivity contribution is -0.133. The summed E-state index contributed by atoms with van der Waals surface area (Å²) in [5.74, 6) is 1.44. The van der Waals surface area contributed by atoms with E-state index in [4.69, 9.17) is 24.9 Å². The van der Waals surface area contributed by atoms with Gasteiger partial charge in [0.25, 0.3) is 11.8 Å². The number of rotatable bonds is 18. The molecule has 2 fully saturated rings. The maximum Gasteiger partial charge on any atom is 0.415 e. The van der Waals surface area contributed by atoms with E-state index in [9.17, 15) is 29.4 Å². The largest absolute Gasteiger partial charge is 0.508 e. The summed E-state index contributed by atoms with van der Waals surface area (Å²) in [5.41, 5.74) is 10.1. The van der Waals surface area contributed by atoms with Gasteiger partial charge in [-0.15, -0.1) is 10.2 Å². The molecule has 428 valence electrons. The first-order chi connectivity index (χ1) is 39.7. The number of piperazine rings is 2. The van der Waals surface area contributed by atoms with E-state index in [0.717, 1.165) is 35.3 Å². The number of aromatic hydroxyl groups is 2. The average molecular weight is 1120 g/mol. The molecule has 7 aromatic rings. The number of nitrogens with two attached hydrogens (primary N) is 1. The quantitative estimate of drug-likeness (QED) is 0.0709. The monoisotopic (exact) mass is 1120 g/mol. The first kappa shape index (κ1) is 56.1. The Morgan fingerprint density at radius 3 is 2.24 bits per heavy atom. The lowest BCUT2D eigenvalue weighted by Crippen LogP contribution is -2.49. The van der Waals surface area contributed by atoms with Gasteiger partial charge < -0.3 is 50.6 Å². The van der Waals surface area contributed by atoms with Crippen LogP contribution in [-0.2, 0) is 24.3 Å². The number of hydrogen-bond acceptors (Lipinski definition) is 18. The van der Waals surface area contributed by atoms with Crippen LogP contribution in [0.3, 0.4) is 0 Å². The van der Waals surface area contributed by atoms with Gasteiger partial charge in [-0.3, -0.25) is 33.3 Å². The number of methoxy groups -OCH3 is 1. The fraction of sp³-hybridized carbons (Fsp3) is 0.379. The van der Waals surface area contributed by atoms with Gasteiger partial charge in [-0.05, 0) is 84.8 Å². The number of benzene rings is 4. The minimum Gasteiger partial charge on any atom is -0.508 e. The third kappa shape index (κ3) is 12.6. The number of aromatic nitrogens is 7. The molecule has 3 aliphatic rings. The summed E-state index contributed by atoms with van der Waals surface area (Å²) < 4.78 is 21.3. The van der Waals surface area contributed by atoms with E-state index in [1.165, 1.54) is 18.5 Å². The second kappa shape index (κ2) is 25.1. The Labute approximate surface area is 473 Å². The maximum atomic E-state index is 13.4. The molecule has 0 aliphatic carbocycles. The van der Waals surface area contributed by atoms with Crippen LogP contribution in [0.5, 0.6) is 28.7 Å². The van der Waals surface area contributed by atoms with E-state index >= 15 is 0 Å². The van der Waals surface area contributed by atoms with Crippen LogP contribution in [0, 0.1) is 0 Å². The summed E-state index contributed by atoms with van der Waals surface area (Å²) in [6.45, 7) is 14.2. The molecule has 24 heteroatoms. The summed E-state index contributed by atoms with van der Waals surface area (Å²) in [7, 11) is 1.55. The van der Waals surface area contributed by atoms with Crippen LogP contribution in [0.15, 0.2) is 90.2 Å². The highest BCUT2D eigenvalue weighted by Gasteiger charge is 2.28. The van der Waals surface area contributed by atoms with E-state index in [0.29, 0.717) is 138 Å². The SMILES string of the molecule is CCNC(=O)c1nnc(-c2cc(C(C)C)c(O)cc2O)n1-c1ccc(CN2CCN(C(=O)CCc3ccc(OC(=O)N4CCN(CCCOc5ccc6c7n(c(=NC(=O)c8cnc(N)nc8)nc6c5OC)CCN7)CC4)cc3)CC2)cc1. The number of amides is 4. The van der Waals surface area contributed by atoms with Crippen LogP contribution in [0.2, 0.25) is 0 Å². The van der Waals surface area contributed by atoms with Gasteiger partial charge in [0.15, 0.2) is 17.3 Å². The Bertz CT molecular complexity index is 3540. The fourth-order valence-electron chi connectivity index (χ4n) is 10.4. The summed E-state index contributed by atoms with van der Waals surface area (Å²) >= 11 is 0. The highest BCUT2D eigenvalue weighted by molar-refractivity contribution is 5.97. The normalized spacial score (nSPS) is 14.9. The Hall–Kier alpha value is -9.16. The number of aryl methyl sites for hydroxylation is 1. The zero-order valence-electron chi connectivity index (χ0n) is 46.4. The minimum atomic E-state index is -0.551. The van der Waals surface area contributed by atoms with Crippen molar-refractivity contribution in [1.29, 1.82) is 0 Å². The van der Waals surface area contributed by atoms with E-state index in [1.807, 2.05) is 78.8 Å². The summed E-state index contributed by atoms with van der Waals surface area (Å²) in [6, 6.07) is 21.8. The van der Waals surface area contributed by atoms with Gasteiger partial charge >= 0.3 is 6.09 Å². The van der Waals surface area contributed by atoms with Gasteiger partial charge in [-0.1, -0.05) is 38.1 Å². The molecular weight excluding hydrogens is 1050 g/mol. The van der Waals surface area contributed by atoms with E-state index in [-0.39, 0.29) is 52.1 Å². The molecule has 0 atom stereocenters. The van der Waals surface area contributed by atoms with E-state index in [1.54, 1.807) is 34.8 Å². The van der Waals surface area contributed by atoms with Crippen LogP contribution < -0.4 is 36.2 Å². The van der Waals surface area contributed by atoms with Crippen molar-refractivity contribution in [2.75, 3.05) is 96.8 Å². The van der Waals surface area contributed by atoms with Crippen molar-refractivity contribution in [1.82, 2.24) is 59.2 Å². The molecule has 2 saturated heterocycles. The molecule has 3 aromatic heterocycles. The first-order valence-electron chi connectivity index (χ1n) is 27.6. The molecule has 6 N–H and O–H groups in total. The van der Waals surface area contributed by atoms with Crippen molar-refractivity contribution < 1.29 is 43.6 Å². The van der Waals surface area contributed by atoms with Crippen molar-refractivity contribution >= 4 is 46.5 Å². The van der Waals surface area contributed by atoms with Crippen LogP contribution in [0.4, 0.5) is 16.6 Å².